The molecule has 2 unspecified atom stereocenters. The lowest BCUT2D eigenvalue weighted by Gasteiger charge is -2.17. The number of ether oxygens (including phenoxy) is 1. The van der Waals surface area contributed by atoms with E-state index in [1.807, 2.05) is 39.0 Å². The Morgan fingerprint density at radius 3 is 2.57 bits per heavy atom. The normalized spacial score (nSPS) is 13.0. The topological polar surface area (TPSA) is 64.3 Å². The molecule has 0 bridgehead atoms. The van der Waals surface area contributed by atoms with E-state index in [0.29, 0.717) is 0 Å². The van der Waals surface area contributed by atoms with Crippen LogP contribution in [-0.2, 0) is 4.79 Å². The van der Waals surface area contributed by atoms with Gasteiger partial charge in [-0.05, 0) is 44.0 Å². The minimum atomic E-state index is -0.213. The highest BCUT2D eigenvalue weighted by molar-refractivity contribution is 5.93. The van der Waals surface area contributed by atoms with Gasteiger partial charge in [0.1, 0.15) is 5.75 Å². The molecule has 0 aliphatic carbocycles. The standard InChI is InChI=1S/C16H26N2O2.ClH/c1-5-6-9-20-14-7-8-15(11(2)10-14)18-16(19)12(3)13(4)17;/h7-8,10,12-13H,5-6,9,17H2,1-4H3,(H,18,19);1H. The summed E-state index contributed by atoms with van der Waals surface area (Å²) in [5.74, 6) is 0.576. The summed E-state index contributed by atoms with van der Waals surface area (Å²) < 4.78 is 5.64. The minimum absolute atomic E-state index is 0. The van der Waals surface area contributed by atoms with Crippen molar-refractivity contribution in [2.45, 2.75) is 46.6 Å². The van der Waals surface area contributed by atoms with Crippen molar-refractivity contribution in [1.29, 1.82) is 0 Å². The lowest BCUT2D eigenvalue weighted by atomic mass is 10.0. The largest absolute Gasteiger partial charge is 0.494 e. The first-order valence-electron chi connectivity index (χ1n) is 7.25. The van der Waals surface area contributed by atoms with Gasteiger partial charge in [-0.1, -0.05) is 20.3 Å². The van der Waals surface area contributed by atoms with Gasteiger partial charge in [-0.2, -0.15) is 0 Å². The van der Waals surface area contributed by atoms with Crippen molar-refractivity contribution in [2.24, 2.45) is 11.7 Å². The van der Waals surface area contributed by atoms with Crippen LogP contribution >= 0.6 is 12.4 Å². The van der Waals surface area contributed by atoms with Gasteiger partial charge in [0.25, 0.3) is 0 Å². The number of benzene rings is 1. The van der Waals surface area contributed by atoms with E-state index in [1.54, 1.807) is 0 Å². The summed E-state index contributed by atoms with van der Waals surface area (Å²) in [5, 5.41) is 2.91. The highest BCUT2D eigenvalue weighted by Crippen LogP contribution is 2.22. The Kier molecular flexibility index (Phi) is 9.06. The average molecular weight is 315 g/mol. The summed E-state index contributed by atoms with van der Waals surface area (Å²) in [7, 11) is 0. The van der Waals surface area contributed by atoms with Crippen LogP contribution in [-0.4, -0.2) is 18.6 Å². The first-order valence-corrected chi connectivity index (χ1v) is 7.25. The third-order valence-corrected chi connectivity index (χ3v) is 3.42. The van der Waals surface area contributed by atoms with Crippen molar-refractivity contribution in [2.75, 3.05) is 11.9 Å². The Labute approximate surface area is 133 Å². The summed E-state index contributed by atoms with van der Waals surface area (Å²) in [6, 6.07) is 5.55. The number of rotatable bonds is 7. The van der Waals surface area contributed by atoms with E-state index in [1.165, 1.54) is 0 Å². The number of unbranched alkanes of at least 4 members (excludes halogenated alkanes) is 1. The van der Waals surface area contributed by atoms with Crippen LogP contribution in [0, 0.1) is 12.8 Å². The molecule has 0 radical (unpaired) electrons. The molecule has 1 aromatic rings. The molecular weight excluding hydrogens is 288 g/mol. The first-order chi connectivity index (χ1) is 9.45. The van der Waals surface area contributed by atoms with Crippen molar-refractivity contribution in [3.8, 4) is 5.75 Å². The van der Waals surface area contributed by atoms with Crippen LogP contribution in [0.1, 0.15) is 39.2 Å². The predicted octanol–water partition coefficient (Wildman–Crippen LogP) is 3.52. The molecule has 0 fully saturated rings. The second-order valence-electron chi connectivity index (χ2n) is 5.32. The van der Waals surface area contributed by atoms with Gasteiger partial charge >= 0.3 is 0 Å². The average Bonchev–Trinajstić information content (AvgIpc) is 2.41. The lowest BCUT2D eigenvalue weighted by molar-refractivity contribution is -0.119. The van der Waals surface area contributed by atoms with E-state index in [-0.39, 0.29) is 30.3 Å². The van der Waals surface area contributed by atoms with Crippen LogP contribution in [0.5, 0.6) is 5.75 Å². The van der Waals surface area contributed by atoms with Crippen molar-refractivity contribution < 1.29 is 9.53 Å². The van der Waals surface area contributed by atoms with Crippen molar-refractivity contribution in [3.63, 3.8) is 0 Å². The Hall–Kier alpha value is -1.26. The van der Waals surface area contributed by atoms with Gasteiger partial charge in [-0.25, -0.2) is 0 Å². The Morgan fingerprint density at radius 2 is 2.05 bits per heavy atom. The van der Waals surface area contributed by atoms with E-state index in [4.69, 9.17) is 10.5 Å². The van der Waals surface area contributed by atoms with Gasteiger partial charge < -0.3 is 15.8 Å². The van der Waals surface area contributed by atoms with Gasteiger partial charge in [0.15, 0.2) is 0 Å². The van der Waals surface area contributed by atoms with E-state index in [2.05, 4.69) is 12.2 Å². The van der Waals surface area contributed by atoms with Crippen LogP contribution < -0.4 is 15.8 Å². The summed E-state index contributed by atoms with van der Waals surface area (Å²) in [5.41, 5.74) is 7.54. The fraction of sp³-hybridized carbons (Fsp3) is 0.562. The molecule has 0 saturated heterocycles. The van der Waals surface area contributed by atoms with E-state index in [0.717, 1.165) is 36.4 Å². The molecule has 0 aliphatic rings. The number of halogens is 1. The predicted molar refractivity (Wildman–Crippen MR) is 90.3 cm³/mol. The smallest absolute Gasteiger partial charge is 0.228 e. The number of carbonyl (C=O) groups excluding carboxylic acids is 1. The first kappa shape index (κ1) is 19.7. The molecule has 0 spiro atoms. The van der Waals surface area contributed by atoms with Crippen LogP contribution in [0.15, 0.2) is 18.2 Å². The highest BCUT2D eigenvalue weighted by atomic mass is 35.5. The third-order valence-electron chi connectivity index (χ3n) is 3.42. The number of hydrogen-bond acceptors (Lipinski definition) is 3. The second kappa shape index (κ2) is 9.64. The maximum absolute atomic E-state index is 12.0. The molecule has 0 heterocycles. The van der Waals surface area contributed by atoms with Crippen molar-refractivity contribution in [1.82, 2.24) is 0 Å². The van der Waals surface area contributed by atoms with Crippen molar-refractivity contribution in [3.05, 3.63) is 23.8 Å². The van der Waals surface area contributed by atoms with Crippen molar-refractivity contribution >= 4 is 24.0 Å². The molecule has 0 aromatic heterocycles. The van der Waals surface area contributed by atoms with Gasteiger partial charge in [-0.3, -0.25) is 4.79 Å². The molecule has 0 aliphatic heterocycles. The Bertz CT molecular complexity index is 450. The zero-order valence-electron chi connectivity index (χ0n) is 13.3. The quantitative estimate of drug-likeness (QED) is 0.757. The molecule has 120 valence electrons. The summed E-state index contributed by atoms with van der Waals surface area (Å²) >= 11 is 0. The maximum Gasteiger partial charge on any atom is 0.228 e. The number of anilines is 1. The molecule has 1 amide bonds. The lowest BCUT2D eigenvalue weighted by Crippen LogP contribution is -2.34. The van der Waals surface area contributed by atoms with Gasteiger partial charge in [-0.15, -0.1) is 12.4 Å². The number of nitrogens with one attached hydrogen (secondary N) is 1. The zero-order chi connectivity index (χ0) is 15.1. The monoisotopic (exact) mass is 314 g/mol. The van der Waals surface area contributed by atoms with Gasteiger partial charge in [0.2, 0.25) is 5.91 Å². The third kappa shape index (κ3) is 6.36. The number of nitrogens with two attached hydrogens (primary N) is 1. The molecule has 5 heteroatoms. The van der Waals surface area contributed by atoms with Gasteiger partial charge in [0.05, 0.1) is 12.5 Å². The van der Waals surface area contributed by atoms with Crippen LogP contribution in [0.25, 0.3) is 0 Å². The summed E-state index contributed by atoms with van der Waals surface area (Å²) in [6.07, 6.45) is 2.16. The second-order valence-corrected chi connectivity index (χ2v) is 5.32. The SMILES string of the molecule is CCCCOc1ccc(NC(=O)C(C)C(C)N)c(C)c1.Cl. The maximum atomic E-state index is 12.0. The molecule has 0 saturated carbocycles. The Balaban J connectivity index is 0.00000400. The van der Waals surface area contributed by atoms with Crippen LogP contribution in [0.3, 0.4) is 0 Å². The minimum Gasteiger partial charge on any atom is -0.494 e. The number of aryl methyl sites for hydroxylation is 1. The molecule has 1 aromatic carbocycles. The summed E-state index contributed by atoms with van der Waals surface area (Å²) in [4.78, 5) is 12.0. The van der Waals surface area contributed by atoms with E-state index in [9.17, 15) is 4.79 Å². The Morgan fingerprint density at radius 1 is 1.38 bits per heavy atom. The highest BCUT2D eigenvalue weighted by Gasteiger charge is 2.17. The molecule has 3 N–H and O–H groups in total. The van der Waals surface area contributed by atoms with Gasteiger partial charge in [0, 0.05) is 11.7 Å². The fourth-order valence-corrected chi connectivity index (χ4v) is 1.69. The molecule has 1 rings (SSSR count). The number of carbonyl (C=O) groups is 1. The molecule has 21 heavy (non-hydrogen) atoms. The fourth-order valence-electron chi connectivity index (χ4n) is 1.69. The van der Waals surface area contributed by atoms with Crippen LogP contribution in [0.2, 0.25) is 0 Å². The molecule has 2 atom stereocenters. The summed E-state index contributed by atoms with van der Waals surface area (Å²) in [6.45, 7) is 8.48. The van der Waals surface area contributed by atoms with E-state index < -0.39 is 0 Å². The number of hydrogen-bond donors (Lipinski definition) is 2. The zero-order valence-corrected chi connectivity index (χ0v) is 14.1. The molecule has 4 nitrogen and oxygen atoms in total. The van der Waals surface area contributed by atoms with Crippen LogP contribution in [0.4, 0.5) is 5.69 Å². The number of amides is 1. The van der Waals surface area contributed by atoms with E-state index >= 15 is 0 Å². The molecular formula is C16H27ClN2O2.